The van der Waals surface area contributed by atoms with Gasteiger partial charge in [-0.05, 0) is 87.9 Å². The van der Waals surface area contributed by atoms with Gasteiger partial charge in [0.1, 0.15) is 0 Å². The molecule has 4 rings (SSSR count). The number of nitrogens with zero attached hydrogens (tertiary/aromatic N) is 1. The molecule has 0 radical (unpaired) electrons. The van der Waals surface area contributed by atoms with Crippen molar-refractivity contribution in [3.63, 3.8) is 0 Å². The lowest BCUT2D eigenvalue weighted by atomic mass is 10.0. The Morgan fingerprint density at radius 1 is 1.03 bits per heavy atom. The fraction of sp³-hybridized carbons (Fsp3) is 0.400. The first-order valence-electron chi connectivity index (χ1n) is 11.2. The standard InChI is InChI=1S/C25H31N5O2/c1-25(2,3)30-23(32)17-6-4-7-19(14-17)28-21-11-10-18(15-20(21)16-8-9-16)22(31)29-24-26-12-5-13-27-24/h4,6-7,10-11,14-16,28H,5,8-9,12-13H2,1-3H3,(H,30,32)(H2,26,27,29,31). The highest BCUT2D eigenvalue weighted by atomic mass is 16.2. The number of guanidine groups is 1. The fourth-order valence-corrected chi connectivity index (χ4v) is 3.65. The summed E-state index contributed by atoms with van der Waals surface area (Å²) < 4.78 is 0. The first-order valence-corrected chi connectivity index (χ1v) is 11.2. The van der Waals surface area contributed by atoms with Gasteiger partial charge in [0.15, 0.2) is 5.96 Å². The molecule has 2 amide bonds. The zero-order chi connectivity index (χ0) is 22.7. The average molecular weight is 434 g/mol. The van der Waals surface area contributed by atoms with Crippen LogP contribution >= 0.6 is 0 Å². The number of carbonyl (C=O) groups excluding carboxylic acids is 2. The molecule has 4 N–H and O–H groups in total. The number of hydrogen-bond donors (Lipinski definition) is 4. The second-order valence-electron chi connectivity index (χ2n) is 9.45. The number of anilines is 2. The zero-order valence-corrected chi connectivity index (χ0v) is 18.9. The van der Waals surface area contributed by atoms with E-state index in [4.69, 9.17) is 0 Å². The predicted octanol–water partition coefficient (Wildman–Crippen LogP) is 3.92. The van der Waals surface area contributed by atoms with Gasteiger partial charge in [0.2, 0.25) is 0 Å². The Labute approximate surface area is 189 Å². The van der Waals surface area contributed by atoms with E-state index < -0.39 is 0 Å². The molecule has 2 aromatic carbocycles. The van der Waals surface area contributed by atoms with Crippen LogP contribution in [0.2, 0.25) is 0 Å². The van der Waals surface area contributed by atoms with Crippen molar-refractivity contribution in [1.82, 2.24) is 16.0 Å². The monoisotopic (exact) mass is 433 g/mol. The molecule has 1 heterocycles. The second-order valence-corrected chi connectivity index (χ2v) is 9.45. The van der Waals surface area contributed by atoms with E-state index in [9.17, 15) is 9.59 Å². The van der Waals surface area contributed by atoms with Crippen molar-refractivity contribution >= 4 is 29.1 Å². The maximum atomic E-state index is 12.7. The highest BCUT2D eigenvalue weighted by Gasteiger charge is 2.27. The Morgan fingerprint density at radius 3 is 2.50 bits per heavy atom. The van der Waals surface area contributed by atoms with Crippen molar-refractivity contribution in [2.45, 2.75) is 51.5 Å². The molecule has 0 bridgehead atoms. The molecule has 0 atom stereocenters. The fourth-order valence-electron chi connectivity index (χ4n) is 3.65. The summed E-state index contributed by atoms with van der Waals surface area (Å²) in [7, 11) is 0. The molecule has 7 nitrogen and oxygen atoms in total. The molecular formula is C25H31N5O2. The third-order valence-corrected chi connectivity index (χ3v) is 5.35. The molecule has 1 fully saturated rings. The molecule has 1 aliphatic heterocycles. The Morgan fingerprint density at radius 2 is 1.81 bits per heavy atom. The molecule has 2 aliphatic rings. The van der Waals surface area contributed by atoms with Gasteiger partial charge in [-0.3, -0.25) is 19.9 Å². The third-order valence-electron chi connectivity index (χ3n) is 5.35. The summed E-state index contributed by atoms with van der Waals surface area (Å²) in [6, 6.07) is 13.2. The Balaban J connectivity index is 1.52. The normalized spacial score (nSPS) is 15.9. The van der Waals surface area contributed by atoms with Crippen molar-refractivity contribution in [3.8, 4) is 0 Å². The molecular weight excluding hydrogens is 402 g/mol. The minimum Gasteiger partial charge on any atom is -0.356 e. The van der Waals surface area contributed by atoms with E-state index in [1.54, 1.807) is 0 Å². The van der Waals surface area contributed by atoms with Crippen LogP contribution in [0.25, 0.3) is 0 Å². The van der Waals surface area contributed by atoms with E-state index in [0.29, 0.717) is 23.0 Å². The molecule has 0 spiro atoms. The van der Waals surface area contributed by atoms with Gasteiger partial charge >= 0.3 is 0 Å². The second kappa shape index (κ2) is 9.02. The lowest BCUT2D eigenvalue weighted by Crippen LogP contribution is -2.43. The van der Waals surface area contributed by atoms with Crippen LogP contribution in [0.5, 0.6) is 0 Å². The van der Waals surface area contributed by atoms with Gasteiger partial charge in [0, 0.05) is 41.1 Å². The lowest BCUT2D eigenvalue weighted by Gasteiger charge is -2.21. The van der Waals surface area contributed by atoms with Crippen LogP contribution in [0.3, 0.4) is 0 Å². The van der Waals surface area contributed by atoms with Crippen LogP contribution in [0.4, 0.5) is 11.4 Å². The number of hydrogen-bond acceptors (Lipinski definition) is 5. The molecule has 168 valence electrons. The molecule has 1 saturated carbocycles. The van der Waals surface area contributed by atoms with E-state index in [1.807, 2.05) is 63.2 Å². The van der Waals surface area contributed by atoms with Crippen molar-refractivity contribution in [2.24, 2.45) is 4.99 Å². The summed E-state index contributed by atoms with van der Waals surface area (Å²) in [6.45, 7) is 7.43. The predicted molar refractivity (Wildman–Crippen MR) is 128 cm³/mol. The molecule has 0 aromatic heterocycles. The van der Waals surface area contributed by atoms with Crippen LogP contribution in [0.1, 0.15) is 72.2 Å². The van der Waals surface area contributed by atoms with Gasteiger partial charge in [-0.2, -0.15) is 0 Å². The Hall–Kier alpha value is -3.35. The molecule has 32 heavy (non-hydrogen) atoms. The minimum absolute atomic E-state index is 0.102. The van der Waals surface area contributed by atoms with Gasteiger partial charge in [-0.1, -0.05) is 6.07 Å². The van der Waals surface area contributed by atoms with Crippen molar-refractivity contribution < 1.29 is 9.59 Å². The van der Waals surface area contributed by atoms with E-state index in [-0.39, 0.29) is 17.4 Å². The van der Waals surface area contributed by atoms with Crippen LogP contribution in [0, 0.1) is 0 Å². The average Bonchev–Trinajstić information content (AvgIpc) is 3.59. The first kappa shape index (κ1) is 21.9. The maximum absolute atomic E-state index is 12.7. The van der Waals surface area contributed by atoms with E-state index >= 15 is 0 Å². The molecule has 7 heteroatoms. The first-order chi connectivity index (χ1) is 15.3. The van der Waals surface area contributed by atoms with Gasteiger partial charge < -0.3 is 16.0 Å². The zero-order valence-electron chi connectivity index (χ0n) is 18.9. The van der Waals surface area contributed by atoms with Crippen LogP contribution in [-0.4, -0.2) is 36.4 Å². The number of carbonyl (C=O) groups is 2. The summed E-state index contributed by atoms with van der Waals surface area (Å²) in [5, 5.41) is 12.4. The van der Waals surface area contributed by atoms with Crippen LogP contribution in [0.15, 0.2) is 47.5 Å². The SMILES string of the molecule is CC(C)(C)NC(=O)c1cccc(Nc2ccc(C(=O)NC3=NCCCN3)cc2C2CC2)c1. The lowest BCUT2D eigenvalue weighted by molar-refractivity contribution is 0.0918. The van der Waals surface area contributed by atoms with Crippen molar-refractivity contribution in [1.29, 1.82) is 0 Å². The summed E-state index contributed by atoms with van der Waals surface area (Å²) in [6.07, 6.45) is 3.20. The molecule has 2 aromatic rings. The molecule has 0 saturated heterocycles. The number of amides is 2. The van der Waals surface area contributed by atoms with Gasteiger partial charge in [-0.25, -0.2) is 0 Å². The Bertz CT molecular complexity index is 1050. The van der Waals surface area contributed by atoms with Crippen molar-refractivity contribution in [2.75, 3.05) is 18.4 Å². The van der Waals surface area contributed by atoms with Crippen LogP contribution in [-0.2, 0) is 0 Å². The highest BCUT2D eigenvalue weighted by molar-refractivity contribution is 6.06. The molecule has 0 unspecified atom stereocenters. The van der Waals surface area contributed by atoms with Crippen LogP contribution < -0.4 is 21.3 Å². The highest BCUT2D eigenvalue weighted by Crippen LogP contribution is 2.44. The van der Waals surface area contributed by atoms with E-state index in [1.165, 1.54) is 0 Å². The van der Waals surface area contributed by atoms with E-state index in [2.05, 4.69) is 26.3 Å². The summed E-state index contributed by atoms with van der Waals surface area (Å²) in [5.41, 5.74) is 3.85. The van der Waals surface area contributed by atoms with Gasteiger partial charge in [0.25, 0.3) is 11.8 Å². The summed E-state index contributed by atoms with van der Waals surface area (Å²) in [5.74, 6) is 0.729. The quantitative estimate of drug-likeness (QED) is 0.575. The third kappa shape index (κ3) is 5.66. The molecule has 1 aliphatic carbocycles. The van der Waals surface area contributed by atoms with E-state index in [0.717, 1.165) is 49.3 Å². The van der Waals surface area contributed by atoms with Gasteiger partial charge in [0.05, 0.1) is 0 Å². The number of benzene rings is 2. The number of nitrogens with one attached hydrogen (secondary N) is 4. The van der Waals surface area contributed by atoms with Crippen molar-refractivity contribution in [3.05, 3.63) is 59.2 Å². The largest absolute Gasteiger partial charge is 0.356 e. The topological polar surface area (TPSA) is 94.6 Å². The number of rotatable bonds is 5. The summed E-state index contributed by atoms with van der Waals surface area (Å²) in [4.78, 5) is 29.6. The Kier molecular flexibility index (Phi) is 6.17. The maximum Gasteiger partial charge on any atom is 0.257 e. The smallest absolute Gasteiger partial charge is 0.257 e. The summed E-state index contributed by atoms with van der Waals surface area (Å²) >= 11 is 0. The minimum atomic E-state index is -0.297. The number of aliphatic imine (C=N–C) groups is 1. The van der Waals surface area contributed by atoms with Gasteiger partial charge in [-0.15, -0.1) is 0 Å².